The smallest absolute Gasteiger partial charge is 0.237 e. The quantitative estimate of drug-likeness (QED) is 0.809. The predicted molar refractivity (Wildman–Crippen MR) is 71.9 cm³/mol. The van der Waals surface area contributed by atoms with E-state index in [1.54, 1.807) is 18.7 Å². The number of carbonyl (C=O) groups excluding carboxylic acids is 1. The van der Waals surface area contributed by atoms with Gasteiger partial charge >= 0.3 is 0 Å². The SMILES string of the molecule is CC(C)S(=O)(=O)CC(=O)N1CCC(N)C(C)(C)C1. The van der Waals surface area contributed by atoms with Crippen LogP contribution >= 0.6 is 0 Å². The fraction of sp³-hybridized carbons (Fsp3) is 0.917. The van der Waals surface area contributed by atoms with Gasteiger partial charge in [-0.1, -0.05) is 13.8 Å². The molecule has 1 fully saturated rings. The van der Waals surface area contributed by atoms with E-state index >= 15 is 0 Å². The molecule has 0 aromatic carbocycles. The Balaban J connectivity index is 2.70. The summed E-state index contributed by atoms with van der Waals surface area (Å²) in [7, 11) is -3.32. The number of nitrogens with zero attached hydrogens (tertiary/aromatic N) is 1. The first-order valence-corrected chi connectivity index (χ1v) is 8.03. The van der Waals surface area contributed by atoms with E-state index < -0.39 is 20.8 Å². The van der Waals surface area contributed by atoms with Crippen molar-refractivity contribution in [1.82, 2.24) is 4.90 Å². The molecule has 0 bridgehead atoms. The summed E-state index contributed by atoms with van der Waals surface area (Å²) in [4.78, 5) is 13.6. The predicted octanol–water partition coefficient (Wildman–Crippen LogP) is 0.395. The molecule has 0 aromatic rings. The van der Waals surface area contributed by atoms with Crippen molar-refractivity contribution < 1.29 is 13.2 Å². The van der Waals surface area contributed by atoms with Gasteiger partial charge in [0.05, 0.1) is 5.25 Å². The van der Waals surface area contributed by atoms with Gasteiger partial charge in [-0.25, -0.2) is 8.42 Å². The minimum atomic E-state index is -3.32. The second kappa shape index (κ2) is 5.17. The highest BCUT2D eigenvalue weighted by atomic mass is 32.2. The average molecular weight is 276 g/mol. The van der Waals surface area contributed by atoms with Gasteiger partial charge in [-0.05, 0) is 25.7 Å². The number of hydrogen-bond acceptors (Lipinski definition) is 4. The zero-order valence-corrected chi connectivity index (χ0v) is 12.5. The van der Waals surface area contributed by atoms with Crippen LogP contribution in [0.3, 0.4) is 0 Å². The maximum Gasteiger partial charge on any atom is 0.237 e. The summed E-state index contributed by atoms with van der Waals surface area (Å²) < 4.78 is 23.5. The molecule has 106 valence electrons. The molecule has 0 aliphatic carbocycles. The van der Waals surface area contributed by atoms with Crippen LogP contribution < -0.4 is 5.73 Å². The second-order valence-electron chi connectivity index (χ2n) is 6.05. The van der Waals surface area contributed by atoms with E-state index in [0.717, 1.165) is 6.42 Å². The molecule has 1 aliphatic rings. The van der Waals surface area contributed by atoms with Gasteiger partial charge in [0.15, 0.2) is 9.84 Å². The molecule has 1 amide bonds. The first kappa shape index (κ1) is 15.4. The standard InChI is InChI=1S/C12H24N2O3S/c1-9(2)18(16,17)7-11(15)14-6-5-10(13)12(3,4)8-14/h9-10H,5-8,13H2,1-4H3. The minimum absolute atomic E-state index is 0.0586. The molecule has 1 atom stereocenters. The third-order valence-electron chi connectivity index (χ3n) is 3.71. The Bertz CT molecular complexity index is 415. The molecular weight excluding hydrogens is 252 g/mol. The highest BCUT2D eigenvalue weighted by Crippen LogP contribution is 2.27. The van der Waals surface area contributed by atoms with Crippen LogP contribution in [0.1, 0.15) is 34.1 Å². The highest BCUT2D eigenvalue weighted by Gasteiger charge is 2.36. The fourth-order valence-corrected chi connectivity index (χ4v) is 2.88. The first-order valence-electron chi connectivity index (χ1n) is 6.31. The van der Waals surface area contributed by atoms with E-state index in [1.165, 1.54) is 0 Å². The van der Waals surface area contributed by atoms with Crippen LogP contribution in [0.5, 0.6) is 0 Å². The van der Waals surface area contributed by atoms with Crippen LogP contribution in [0, 0.1) is 5.41 Å². The summed E-state index contributed by atoms with van der Waals surface area (Å²) in [5.74, 6) is -0.695. The number of sulfone groups is 1. The van der Waals surface area contributed by atoms with Crippen LogP contribution in [0.15, 0.2) is 0 Å². The molecule has 2 N–H and O–H groups in total. The summed E-state index contributed by atoms with van der Waals surface area (Å²) in [5, 5.41) is -0.512. The number of hydrogen-bond donors (Lipinski definition) is 1. The Hall–Kier alpha value is -0.620. The third-order valence-corrected chi connectivity index (χ3v) is 5.79. The van der Waals surface area contributed by atoms with Gasteiger partial charge in [-0.2, -0.15) is 0 Å². The van der Waals surface area contributed by atoms with Crippen LogP contribution in [0.4, 0.5) is 0 Å². The van der Waals surface area contributed by atoms with Crippen molar-refractivity contribution in [3.05, 3.63) is 0 Å². The van der Waals surface area contributed by atoms with Crippen molar-refractivity contribution in [3.8, 4) is 0 Å². The second-order valence-corrected chi connectivity index (χ2v) is 8.61. The number of piperidine rings is 1. The lowest BCUT2D eigenvalue weighted by atomic mass is 9.80. The van der Waals surface area contributed by atoms with Gasteiger partial charge in [-0.3, -0.25) is 4.79 Å². The highest BCUT2D eigenvalue weighted by molar-refractivity contribution is 7.92. The van der Waals surface area contributed by atoms with Crippen LogP contribution in [0.2, 0.25) is 0 Å². The Labute approximate surface area is 110 Å². The number of amides is 1. The van der Waals surface area contributed by atoms with Crippen molar-refractivity contribution in [2.75, 3.05) is 18.8 Å². The molecule has 1 heterocycles. The van der Waals surface area contributed by atoms with Crippen molar-refractivity contribution in [3.63, 3.8) is 0 Å². The Morgan fingerprint density at radius 2 is 2.00 bits per heavy atom. The summed E-state index contributed by atoms with van der Waals surface area (Å²) in [5.41, 5.74) is 5.84. The molecule has 0 saturated carbocycles. The molecule has 0 spiro atoms. The van der Waals surface area contributed by atoms with E-state index in [4.69, 9.17) is 5.73 Å². The summed E-state index contributed by atoms with van der Waals surface area (Å²) in [6.07, 6.45) is 0.723. The topological polar surface area (TPSA) is 80.5 Å². The van der Waals surface area contributed by atoms with E-state index in [-0.39, 0.29) is 17.4 Å². The minimum Gasteiger partial charge on any atom is -0.341 e. The molecule has 0 radical (unpaired) electrons. The van der Waals surface area contributed by atoms with Gasteiger partial charge in [0.1, 0.15) is 5.75 Å². The third kappa shape index (κ3) is 3.45. The molecular formula is C12H24N2O3S. The summed E-state index contributed by atoms with van der Waals surface area (Å²) in [6, 6.07) is 0.0586. The summed E-state index contributed by atoms with van der Waals surface area (Å²) in [6.45, 7) is 8.29. The fourth-order valence-electron chi connectivity index (χ4n) is 2.02. The Morgan fingerprint density at radius 1 is 1.44 bits per heavy atom. The van der Waals surface area contributed by atoms with E-state index in [1.807, 2.05) is 13.8 Å². The van der Waals surface area contributed by atoms with Crippen molar-refractivity contribution >= 4 is 15.7 Å². The largest absolute Gasteiger partial charge is 0.341 e. The molecule has 1 unspecified atom stereocenters. The number of nitrogens with two attached hydrogens (primary N) is 1. The normalized spacial score (nSPS) is 24.3. The monoisotopic (exact) mass is 276 g/mol. The zero-order chi connectivity index (χ0) is 14.1. The van der Waals surface area contributed by atoms with Gasteiger partial charge in [0.2, 0.25) is 5.91 Å². The van der Waals surface area contributed by atoms with Crippen LogP contribution in [0.25, 0.3) is 0 Å². The lowest BCUT2D eigenvalue weighted by Gasteiger charge is -2.42. The molecule has 1 saturated heterocycles. The average Bonchev–Trinajstić information content (AvgIpc) is 2.21. The zero-order valence-electron chi connectivity index (χ0n) is 11.6. The maximum atomic E-state index is 12.0. The molecule has 5 nitrogen and oxygen atoms in total. The number of likely N-dealkylation sites (tertiary alicyclic amines) is 1. The lowest BCUT2D eigenvalue weighted by molar-refractivity contribution is -0.131. The van der Waals surface area contributed by atoms with Gasteiger partial charge < -0.3 is 10.6 Å². The number of carbonyl (C=O) groups is 1. The van der Waals surface area contributed by atoms with E-state index in [9.17, 15) is 13.2 Å². The van der Waals surface area contributed by atoms with Gasteiger partial charge in [0, 0.05) is 19.1 Å². The molecule has 6 heteroatoms. The maximum absolute atomic E-state index is 12.0. The molecule has 1 rings (SSSR count). The van der Waals surface area contributed by atoms with E-state index in [2.05, 4.69) is 0 Å². The van der Waals surface area contributed by atoms with Crippen molar-refractivity contribution in [2.24, 2.45) is 11.1 Å². The number of rotatable bonds is 3. The molecule has 18 heavy (non-hydrogen) atoms. The first-order chi connectivity index (χ1) is 8.06. The Morgan fingerprint density at radius 3 is 2.44 bits per heavy atom. The van der Waals surface area contributed by atoms with Crippen LogP contribution in [-0.4, -0.2) is 49.4 Å². The van der Waals surface area contributed by atoms with Crippen molar-refractivity contribution in [2.45, 2.75) is 45.4 Å². The molecule has 0 aromatic heterocycles. The van der Waals surface area contributed by atoms with Crippen molar-refractivity contribution in [1.29, 1.82) is 0 Å². The summed E-state index contributed by atoms with van der Waals surface area (Å²) >= 11 is 0. The van der Waals surface area contributed by atoms with E-state index in [0.29, 0.717) is 13.1 Å². The van der Waals surface area contributed by atoms with Gasteiger partial charge in [-0.15, -0.1) is 0 Å². The van der Waals surface area contributed by atoms with Crippen LogP contribution in [-0.2, 0) is 14.6 Å². The van der Waals surface area contributed by atoms with Gasteiger partial charge in [0.25, 0.3) is 0 Å². The molecule has 1 aliphatic heterocycles. The Kier molecular flexibility index (Phi) is 4.43. The lowest BCUT2D eigenvalue weighted by Crippen LogP contribution is -2.55.